The Labute approximate surface area is 171 Å². The molecule has 1 aliphatic heterocycles. The summed E-state index contributed by atoms with van der Waals surface area (Å²) >= 11 is 0. The van der Waals surface area contributed by atoms with Crippen LogP contribution in [0.3, 0.4) is 0 Å². The van der Waals surface area contributed by atoms with Crippen LogP contribution in [-0.4, -0.2) is 62.8 Å². The predicted octanol–water partition coefficient (Wildman–Crippen LogP) is 3.09. The van der Waals surface area contributed by atoms with Crippen molar-refractivity contribution in [2.45, 2.75) is 37.8 Å². The topological polar surface area (TPSA) is 68.1 Å². The number of rotatable bonds is 4. The molecule has 5 rings (SSSR count). The van der Waals surface area contributed by atoms with Gasteiger partial charge in [0.05, 0.1) is 18.7 Å². The number of imidazole rings is 1. The molecular weight excluding hydrogens is 364 g/mol. The lowest BCUT2D eigenvalue weighted by molar-refractivity contribution is 0.00791. The number of hydrogen-bond acceptors (Lipinski definition) is 6. The van der Waals surface area contributed by atoms with Gasteiger partial charge in [0.1, 0.15) is 18.0 Å². The first-order valence-corrected chi connectivity index (χ1v) is 10.6. The van der Waals surface area contributed by atoms with Crippen molar-refractivity contribution >= 4 is 16.7 Å². The van der Waals surface area contributed by atoms with Gasteiger partial charge in [-0.2, -0.15) is 0 Å². The Morgan fingerprint density at radius 3 is 2.62 bits per heavy atom. The van der Waals surface area contributed by atoms with Crippen LogP contribution in [0.1, 0.15) is 25.7 Å². The summed E-state index contributed by atoms with van der Waals surface area (Å²) in [5, 5.41) is 4.77. The lowest BCUT2D eigenvalue weighted by atomic mass is 9.90. The monoisotopic (exact) mass is 392 g/mol. The lowest BCUT2D eigenvalue weighted by Crippen LogP contribution is -2.46. The molecule has 29 heavy (non-hydrogen) atoms. The second kappa shape index (κ2) is 8.08. The molecule has 1 N–H and O–H groups in total. The van der Waals surface area contributed by atoms with Crippen LogP contribution < -0.4 is 5.32 Å². The first-order valence-electron chi connectivity index (χ1n) is 10.6. The first-order chi connectivity index (χ1) is 14.3. The maximum atomic E-state index is 5.50. The molecule has 0 atom stereocenters. The van der Waals surface area contributed by atoms with Gasteiger partial charge in [-0.25, -0.2) is 15.0 Å². The summed E-state index contributed by atoms with van der Waals surface area (Å²) < 4.78 is 7.53. The third kappa shape index (κ3) is 3.84. The highest BCUT2D eigenvalue weighted by Crippen LogP contribution is 2.29. The molecule has 7 nitrogen and oxygen atoms in total. The molecule has 7 heteroatoms. The molecule has 1 aliphatic carbocycles. The maximum Gasteiger partial charge on any atom is 0.139 e. The van der Waals surface area contributed by atoms with E-state index in [4.69, 9.17) is 4.74 Å². The predicted molar refractivity (Wildman–Crippen MR) is 114 cm³/mol. The van der Waals surface area contributed by atoms with Gasteiger partial charge >= 0.3 is 0 Å². The average Bonchev–Trinajstić information content (AvgIpc) is 3.21. The van der Waals surface area contributed by atoms with Gasteiger partial charge in [0, 0.05) is 55.6 Å². The number of aromatic nitrogens is 4. The van der Waals surface area contributed by atoms with E-state index in [0.717, 1.165) is 54.4 Å². The average molecular weight is 393 g/mol. The Bertz CT molecular complexity index is 972. The summed E-state index contributed by atoms with van der Waals surface area (Å²) in [6.07, 6.45) is 10.3. The van der Waals surface area contributed by atoms with Crippen molar-refractivity contribution in [1.29, 1.82) is 0 Å². The van der Waals surface area contributed by atoms with Crippen molar-refractivity contribution in [2.24, 2.45) is 7.05 Å². The van der Waals surface area contributed by atoms with Crippen molar-refractivity contribution < 1.29 is 4.74 Å². The van der Waals surface area contributed by atoms with Crippen LogP contribution in [0.2, 0.25) is 0 Å². The van der Waals surface area contributed by atoms with Crippen LogP contribution >= 0.6 is 0 Å². The Kier molecular flexibility index (Phi) is 5.16. The van der Waals surface area contributed by atoms with E-state index in [2.05, 4.69) is 43.4 Å². The normalized spacial score (nSPS) is 23.3. The van der Waals surface area contributed by atoms with Crippen LogP contribution in [0.5, 0.6) is 0 Å². The van der Waals surface area contributed by atoms with Gasteiger partial charge in [0.25, 0.3) is 0 Å². The molecule has 0 amide bonds. The second-order valence-electron chi connectivity index (χ2n) is 8.11. The molecule has 1 aromatic carbocycles. The molecule has 2 fully saturated rings. The molecule has 3 heterocycles. The maximum absolute atomic E-state index is 5.50. The van der Waals surface area contributed by atoms with Gasteiger partial charge in [0.15, 0.2) is 0 Å². The Balaban J connectivity index is 1.32. The molecule has 0 radical (unpaired) electrons. The Morgan fingerprint density at radius 2 is 1.86 bits per heavy atom. The van der Waals surface area contributed by atoms with Crippen molar-refractivity contribution in [3.05, 3.63) is 36.9 Å². The van der Waals surface area contributed by atoms with E-state index in [-0.39, 0.29) is 0 Å². The number of ether oxygens (including phenoxy) is 1. The van der Waals surface area contributed by atoms with E-state index in [0.29, 0.717) is 12.1 Å². The minimum Gasteiger partial charge on any atom is -0.379 e. The van der Waals surface area contributed by atoms with Crippen LogP contribution in [0, 0.1) is 0 Å². The van der Waals surface area contributed by atoms with Gasteiger partial charge in [-0.15, -0.1) is 0 Å². The van der Waals surface area contributed by atoms with Crippen molar-refractivity contribution in [1.82, 2.24) is 24.4 Å². The molecule has 2 aromatic heterocycles. The summed E-state index contributed by atoms with van der Waals surface area (Å²) in [6.45, 7) is 3.91. The summed E-state index contributed by atoms with van der Waals surface area (Å²) in [7, 11) is 2.01. The van der Waals surface area contributed by atoms with Crippen LogP contribution in [0.25, 0.3) is 22.3 Å². The molecule has 0 bridgehead atoms. The highest BCUT2D eigenvalue weighted by Gasteiger charge is 2.27. The molecular formula is C22H28N6O. The smallest absolute Gasteiger partial charge is 0.139 e. The fourth-order valence-electron chi connectivity index (χ4n) is 4.68. The molecule has 0 spiro atoms. The zero-order chi connectivity index (χ0) is 19.6. The third-order valence-electron chi connectivity index (χ3n) is 6.31. The third-order valence-corrected chi connectivity index (χ3v) is 6.31. The fraction of sp³-hybridized carbons (Fsp3) is 0.500. The standard InChI is InChI=1S/C22H28N6O/c1-27-9-8-23-22(27)16-2-7-20-19(14-16)21(25-15-24-20)26-17-3-5-18(6-4-17)28-10-12-29-13-11-28/h2,7-9,14-15,17-18H,3-6,10-13H2,1H3,(H,24,25,26)/t17-,18-. The summed E-state index contributed by atoms with van der Waals surface area (Å²) in [6, 6.07) is 7.45. The van der Waals surface area contributed by atoms with Crippen molar-refractivity contribution in [3.63, 3.8) is 0 Å². The summed E-state index contributed by atoms with van der Waals surface area (Å²) in [5.41, 5.74) is 2.04. The minimum absolute atomic E-state index is 0.460. The first kappa shape index (κ1) is 18.5. The van der Waals surface area contributed by atoms with Crippen LogP contribution in [0.4, 0.5) is 5.82 Å². The van der Waals surface area contributed by atoms with E-state index in [9.17, 15) is 0 Å². The number of fused-ring (bicyclic) bond motifs is 1. The molecule has 152 valence electrons. The van der Waals surface area contributed by atoms with E-state index in [1.54, 1.807) is 6.33 Å². The largest absolute Gasteiger partial charge is 0.379 e. The van der Waals surface area contributed by atoms with Gasteiger partial charge < -0.3 is 14.6 Å². The van der Waals surface area contributed by atoms with E-state index >= 15 is 0 Å². The van der Waals surface area contributed by atoms with Crippen LogP contribution in [-0.2, 0) is 11.8 Å². The molecule has 2 aliphatic rings. The number of benzene rings is 1. The number of morpholine rings is 1. The van der Waals surface area contributed by atoms with E-state index in [1.165, 1.54) is 25.7 Å². The number of aryl methyl sites for hydroxylation is 1. The number of nitrogens with zero attached hydrogens (tertiary/aromatic N) is 5. The quantitative estimate of drug-likeness (QED) is 0.736. The molecule has 0 unspecified atom stereocenters. The number of anilines is 1. The highest BCUT2D eigenvalue weighted by molar-refractivity contribution is 5.92. The molecule has 1 saturated heterocycles. The highest BCUT2D eigenvalue weighted by atomic mass is 16.5. The van der Waals surface area contributed by atoms with Crippen molar-refractivity contribution in [2.75, 3.05) is 31.6 Å². The van der Waals surface area contributed by atoms with Gasteiger partial charge in [0.2, 0.25) is 0 Å². The van der Waals surface area contributed by atoms with Gasteiger partial charge in [-0.1, -0.05) is 0 Å². The second-order valence-corrected chi connectivity index (χ2v) is 8.11. The van der Waals surface area contributed by atoms with Gasteiger partial charge in [-0.3, -0.25) is 4.90 Å². The van der Waals surface area contributed by atoms with Crippen molar-refractivity contribution in [3.8, 4) is 11.4 Å². The molecule has 1 saturated carbocycles. The molecule has 3 aromatic rings. The fourth-order valence-corrected chi connectivity index (χ4v) is 4.68. The SMILES string of the molecule is Cn1ccnc1-c1ccc2ncnc(N[C@H]3CC[C@H](N4CCOCC4)CC3)c2c1. The Morgan fingerprint density at radius 1 is 1.03 bits per heavy atom. The van der Waals surface area contributed by atoms with Crippen LogP contribution in [0.15, 0.2) is 36.9 Å². The summed E-state index contributed by atoms with van der Waals surface area (Å²) in [4.78, 5) is 16.1. The van der Waals surface area contributed by atoms with E-state index in [1.807, 2.05) is 24.0 Å². The summed E-state index contributed by atoms with van der Waals surface area (Å²) in [5.74, 6) is 1.88. The van der Waals surface area contributed by atoms with Gasteiger partial charge in [-0.05, 0) is 43.9 Å². The Hall–Kier alpha value is -2.51. The number of nitrogens with one attached hydrogen (secondary N) is 1. The minimum atomic E-state index is 0.460. The van der Waals surface area contributed by atoms with E-state index < -0.39 is 0 Å². The zero-order valence-corrected chi connectivity index (χ0v) is 16.9. The number of hydrogen-bond donors (Lipinski definition) is 1. The zero-order valence-electron chi connectivity index (χ0n) is 16.9. The lowest BCUT2D eigenvalue weighted by Gasteiger charge is -2.39.